The lowest BCUT2D eigenvalue weighted by Gasteiger charge is -2.08. The van der Waals surface area contributed by atoms with E-state index in [9.17, 15) is 17.2 Å². The van der Waals surface area contributed by atoms with E-state index in [0.717, 1.165) is 6.07 Å². The molecule has 4 nitrogen and oxygen atoms in total. The molecule has 1 rings (SSSR count). The summed E-state index contributed by atoms with van der Waals surface area (Å²) in [5, 5.41) is 3.91. The summed E-state index contributed by atoms with van der Waals surface area (Å²) in [4.78, 5) is 2.27. The Labute approximate surface area is 94.1 Å². The van der Waals surface area contributed by atoms with Crippen LogP contribution in [-0.2, 0) is 10.0 Å². The van der Waals surface area contributed by atoms with Crippen molar-refractivity contribution in [3.8, 4) is 0 Å². The third-order valence-corrected chi connectivity index (χ3v) is 3.02. The minimum absolute atomic E-state index is 0.331. The van der Waals surface area contributed by atoms with E-state index >= 15 is 0 Å². The van der Waals surface area contributed by atoms with Gasteiger partial charge in [-0.05, 0) is 6.07 Å². The number of hydrogen-bond acceptors (Lipinski definition) is 3. The molecule has 0 saturated heterocycles. The zero-order chi connectivity index (χ0) is 11.8. The number of hydrogen-bond donors (Lipinski definition) is 1. The van der Waals surface area contributed by atoms with Gasteiger partial charge in [-0.2, -0.15) is 0 Å². The Hall–Kier alpha value is -0.500. The van der Waals surface area contributed by atoms with Crippen LogP contribution in [0.25, 0.3) is 0 Å². The number of rotatable bonds is 2. The highest BCUT2D eigenvalue weighted by Gasteiger charge is 2.26. The van der Waals surface area contributed by atoms with Gasteiger partial charge in [0.15, 0.2) is 0 Å². The summed E-state index contributed by atoms with van der Waals surface area (Å²) >= 11 is 10.8. The molecule has 0 spiro atoms. The van der Waals surface area contributed by atoms with Crippen LogP contribution in [-0.4, -0.2) is 13.4 Å². The molecule has 0 radical (unpaired) electrons. The third kappa shape index (κ3) is 2.75. The van der Waals surface area contributed by atoms with Crippen LogP contribution in [0.3, 0.4) is 0 Å². The van der Waals surface area contributed by atoms with E-state index in [-0.39, 0.29) is 5.15 Å². The summed E-state index contributed by atoms with van der Waals surface area (Å²) in [6.45, 7) is 0. The fourth-order valence-corrected chi connectivity index (χ4v) is 2.46. The first-order valence-electron chi connectivity index (χ1n) is 3.40. The van der Waals surface area contributed by atoms with Gasteiger partial charge < -0.3 is 0 Å². The second-order valence-electron chi connectivity index (χ2n) is 2.49. The van der Waals surface area contributed by atoms with E-state index in [2.05, 4.69) is 4.98 Å². The topological polar surface area (TPSA) is 73.1 Å². The smallest absolute Gasteiger partial charge is 0.234 e. The molecule has 15 heavy (non-hydrogen) atoms. The largest absolute Gasteiger partial charge is 0.281 e. The van der Waals surface area contributed by atoms with E-state index < -0.39 is 32.1 Å². The zero-order valence-electron chi connectivity index (χ0n) is 6.92. The quantitative estimate of drug-likeness (QED) is 0.840. The van der Waals surface area contributed by atoms with Crippen molar-refractivity contribution >= 4 is 33.2 Å². The number of sulfonamides is 1. The maximum absolute atomic E-state index is 12.4. The van der Waals surface area contributed by atoms with Gasteiger partial charge in [0.2, 0.25) is 10.0 Å². The normalized spacial score (nSPS) is 12.1. The first-order valence-corrected chi connectivity index (χ1v) is 5.70. The Morgan fingerprint density at radius 2 is 1.93 bits per heavy atom. The van der Waals surface area contributed by atoms with Gasteiger partial charge in [0.1, 0.15) is 15.7 Å². The van der Waals surface area contributed by atoms with Crippen molar-refractivity contribution in [3.05, 3.63) is 21.9 Å². The molecule has 0 fully saturated rings. The van der Waals surface area contributed by atoms with Crippen LogP contribution in [0.5, 0.6) is 0 Å². The molecule has 0 unspecified atom stereocenters. The summed E-state index contributed by atoms with van der Waals surface area (Å²) in [7, 11) is -4.36. The average Bonchev–Trinajstić information content (AvgIpc) is 1.99. The molecule has 2 N–H and O–H groups in total. The molecule has 1 aromatic rings. The Balaban J connectivity index is 3.62. The van der Waals surface area contributed by atoms with Crippen LogP contribution in [0.15, 0.2) is 11.0 Å². The van der Waals surface area contributed by atoms with Crippen molar-refractivity contribution in [2.45, 2.75) is 11.3 Å². The van der Waals surface area contributed by atoms with Crippen LogP contribution < -0.4 is 5.14 Å². The average molecular weight is 277 g/mol. The Morgan fingerprint density at radius 3 is 2.33 bits per heavy atom. The molecule has 0 amide bonds. The number of nitrogens with two attached hydrogens (primary N) is 1. The number of aromatic nitrogens is 1. The fraction of sp³-hybridized carbons (Fsp3) is 0.167. The Morgan fingerprint density at radius 1 is 1.40 bits per heavy atom. The van der Waals surface area contributed by atoms with Crippen molar-refractivity contribution in [2.24, 2.45) is 5.14 Å². The summed E-state index contributed by atoms with van der Waals surface area (Å²) in [5.74, 6) is 0. The molecule has 0 bridgehead atoms. The van der Waals surface area contributed by atoms with Crippen molar-refractivity contribution in [1.29, 1.82) is 0 Å². The summed E-state index contributed by atoms with van der Waals surface area (Å²) in [6.07, 6.45) is -3.13. The lowest BCUT2D eigenvalue weighted by molar-refractivity contribution is 0.142. The van der Waals surface area contributed by atoms with Crippen molar-refractivity contribution < 1.29 is 17.2 Å². The van der Waals surface area contributed by atoms with E-state index in [4.69, 9.17) is 28.3 Å². The van der Waals surface area contributed by atoms with Crippen molar-refractivity contribution in [3.63, 3.8) is 0 Å². The maximum atomic E-state index is 12.4. The molecular weight excluding hydrogens is 273 g/mol. The molecular formula is C6H4Cl2F2N2O2S. The first-order chi connectivity index (χ1) is 6.73. The van der Waals surface area contributed by atoms with Crippen LogP contribution in [0.2, 0.25) is 10.2 Å². The molecule has 1 aromatic heterocycles. The standard InChI is InChI=1S/C6H4Cl2F2N2O2S/c7-2-1-3(8)12-4(6(9)10)5(2)15(11,13)14/h1,6H,(H2,11,13,14). The molecule has 0 atom stereocenters. The van der Waals surface area contributed by atoms with Gasteiger partial charge in [-0.1, -0.05) is 23.2 Å². The monoisotopic (exact) mass is 276 g/mol. The number of primary sulfonamides is 1. The predicted octanol–water partition coefficient (Wildman–Crippen LogP) is 1.97. The van der Waals surface area contributed by atoms with Gasteiger partial charge in [-0.25, -0.2) is 27.3 Å². The van der Waals surface area contributed by atoms with Gasteiger partial charge in [0.25, 0.3) is 6.43 Å². The molecule has 0 saturated carbocycles. The van der Waals surface area contributed by atoms with E-state index in [1.54, 1.807) is 0 Å². The van der Waals surface area contributed by atoms with E-state index in [1.807, 2.05) is 0 Å². The molecule has 9 heteroatoms. The van der Waals surface area contributed by atoms with Gasteiger partial charge in [0, 0.05) is 0 Å². The van der Waals surface area contributed by atoms with Gasteiger partial charge in [-0.15, -0.1) is 0 Å². The third-order valence-electron chi connectivity index (χ3n) is 1.41. The summed E-state index contributed by atoms with van der Waals surface area (Å²) in [5.41, 5.74) is -1.05. The SMILES string of the molecule is NS(=O)(=O)c1c(Cl)cc(Cl)nc1C(F)F. The van der Waals surface area contributed by atoms with Gasteiger partial charge >= 0.3 is 0 Å². The molecule has 0 aliphatic rings. The van der Waals surface area contributed by atoms with E-state index in [1.165, 1.54) is 0 Å². The minimum atomic E-state index is -4.36. The number of pyridine rings is 1. The Kier molecular flexibility index (Phi) is 3.49. The highest BCUT2D eigenvalue weighted by atomic mass is 35.5. The molecule has 1 heterocycles. The van der Waals surface area contributed by atoms with Crippen molar-refractivity contribution in [2.75, 3.05) is 0 Å². The van der Waals surface area contributed by atoms with Gasteiger partial charge in [-0.3, -0.25) is 0 Å². The maximum Gasteiger partial charge on any atom is 0.281 e. The Bertz CT molecular complexity index is 492. The first kappa shape index (κ1) is 12.6. The minimum Gasteiger partial charge on any atom is -0.234 e. The van der Waals surface area contributed by atoms with E-state index in [0.29, 0.717) is 0 Å². The highest BCUT2D eigenvalue weighted by molar-refractivity contribution is 7.89. The second-order valence-corrected chi connectivity index (χ2v) is 4.78. The number of halogens is 4. The lowest BCUT2D eigenvalue weighted by atomic mass is 10.3. The zero-order valence-corrected chi connectivity index (χ0v) is 9.24. The van der Waals surface area contributed by atoms with Crippen molar-refractivity contribution in [1.82, 2.24) is 4.98 Å². The molecule has 84 valence electrons. The molecule has 0 aliphatic carbocycles. The van der Waals surface area contributed by atoms with Crippen LogP contribution in [0.1, 0.15) is 12.1 Å². The number of alkyl halides is 2. The lowest BCUT2D eigenvalue weighted by Crippen LogP contribution is -2.16. The molecule has 0 aliphatic heterocycles. The second kappa shape index (κ2) is 4.17. The summed E-state index contributed by atoms with van der Waals surface area (Å²) < 4.78 is 46.8. The number of nitrogens with zero attached hydrogens (tertiary/aromatic N) is 1. The predicted molar refractivity (Wildman–Crippen MR) is 50.6 cm³/mol. The molecule has 0 aromatic carbocycles. The van der Waals surface area contributed by atoms with Crippen LogP contribution >= 0.6 is 23.2 Å². The fourth-order valence-electron chi connectivity index (χ4n) is 0.920. The highest BCUT2D eigenvalue weighted by Crippen LogP contribution is 2.31. The van der Waals surface area contributed by atoms with Crippen LogP contribution in [0, 0.1) is 0 Å². The summed E-state index contributed by atoms with van der Waals surface area (Å²) in [6, 6.07) is 0.925. The van der Waals surface area contributed by atoms with Crippen LogP contribution in [0.4, 0.5) is 8.78 Å². The van der Waals surface area contributed by atoms with Gasteiger partial charge in [0.05, 0.1) is 5.02 Å².